The van der Waals surface area contributed by atoms with Gasteiger partial charge in [0.1, 0.15) is 5.60 Å². The van der Waals surface area contributed by atoms with E-state index in [0.717, 1.165) is 18.5 Å². The summed E-state index contributed by atoms with van der Waals surface area (Å²) in [5.74, 6) is 1.02. The van der Waals surface area contributed by atoms with Crippen molar-refractivity contribution in [2.24, 2.45) is 5.92 Å². The highest BCUT2D eigenvalue weighted by atomic mass is 16.6. The Morgan fingerprint density at radius 2 is 1.94 bits per heavy atom. The molecule has 0 aliphatic rings. The van der Waals surface area contributed by atoms with Crippen LogP contribution in [0.4, 0.5) is 10.6 Å². The van der Waals surface area contributed by atoms with E-state index >= 15 is 0 Å². The molecule has 9 heteroatoms. The summed E-state index contributed by atoms with van der Waals surface area (Å²) in [6.45, 7) is 12.4. The van der Waals surface area contributed by atoms with E-state index in [1.807, 2.05) is 46.8 Å². The van der Waals surface area contributed by atoms with Crippen LogP contribution in [0, 0.1) is 5.92 Å². The molecule has 9 nitrogen and oxygen atoms in total. The number of hydrogen-bond acceptors (Lipinski definition) is 6. The monoisotopic (exact) mass is 469 g/mol. The molecule has 0 saturated heterocycles. The predicted molar refractivity (Wildman–Crippen MR) is 133 cm³/mol. The van der Waals surface area contributed by atoms with Crippen LogP contribution >= 0.6 is 0 Å². The van der Waals surface area contributed by atoms with Crippen LogP contribution in [0.3, 0.4) is 0 Å². The Bertz CT molecular complexity index is 1190. The summed E-state index contributed by atoms with van der Waals surface area (Å²) >= 11 is 0. The molecule has 0 N–H and O–H groups in total. The minimum Gasteiger partial charge on any atom is -0.489 e. The molecule has 0 saturated carbocycles. The molecule has 0 fully saturated rings. The predicted octanol–water partition coefficient (Wildman–Crippen LogP) is 4.79. The van der Waals surface area contributed by atoms with E-state index in [-0.39, 0.29) is 11.5 Å². The highest BCUT2D eigenvalue weighted by Gasteiger charge is 2.28. The van der Waals surface area contributed by atoms with E-state index in [0.29, 0.717) is 35.5 Å². The molecule has 1 amide bonds. The second-order valence-electron chi connectivity index (χ2n) is 9.78. The lowest BCUT2D eigenvalue weighted by molar-refractivity contribution is 0.0585. The van der Waals surface area contributed by atoms with Gasteiger partial charge in [-0.15, -0.1) is 5.10 Å². The van der Waals surface area contributed by atoms with E-state index in [4.69, 9.17) is 9.47 Å². The number of anilines is 1. The van der Waals surface area contributed by atoms with Gasteiger partial charge in [-0.25, -0.2) is 9.48 Å². The first-order valence-electron chi connectivity index (χ1n) is 11.7. The van der Waals surface area contributed by atoms with E-state index < -0.39 is 11.7 Å². The quantitative estimate of drug-likeness (QED) is 0.441. The second kappa shape index (κ2) is 10.3. The molecule has 0 unspecified atom stereocenters. The topological polar surface area (TPSA) is 91.5 Å². The average molecular weight is 470 g/mol. The van der Waals surface area contributed by atoms with Gasteiger partial charge < -0.3 is 9.47 Å². The van der Waals surface area contributed by atoms with Crippen LogP contribution in [0.2, 0.25) is 0 Å². The Balaban J connectivity index is 2.31. The number of fused-ring (bicyclic) bond motifs is 1. The molecule has 0 aliphatic heterocycles. The maximum atomic E-state index is 13.7. The molecule has 0 atom stereocenters. The fourth-order valence-electron chi connectivity index (χ4n) is 3.63. The first-order chi connectivity index (χ1) is 16.0. The van der Waals surface area contributed by atoms with E-state index in [1.165, 1.54) is 4.90 Å². The van der Waals surface area contributed by atoms with Gasteiger partial charge in [-0.2, -0.15) is 0 Å². The zero-order valence-corrected chi connectivity index (χ0v) is 21.2. The molecule has 3 aromatic rings. The van der Waals surface area contributed by atoms with Crippen molar-refractivity contribution in [1.29, 1.82) is 0 Å². The molecule has 3 rings (SSSR count). The zero-order chi connectivity index (χ0) is 25.0. The number of nitrogens with zero attached hydrogens (tertiary/aromatic N) is 5. The number of pyridine rings is 1. The number of ether oxygens (including phenoxy) is 2. The van der Waals surface area contributed by atoms with Crippen LogP contribution in [0.15, 0.2) is 35.4 Å². The van der Waals surface area contributed by atoms with Crippen LogP contribution in [0.5, 0.6) is 5.75 Å². The van der Waals surface area contributed by atoms with Gasteiger partial charge in [-0.05, 0) is 51.3 Å². The van der Waals surface area contributed by atoms with Crippen molar-refractivity contribution in [1.82, 2.24) is 19.6 Å². The molecular formula is C25H35N5O4. The van der Waals surface area contributed by atoms with Crippen molar-refractivity contribution in [3.8, 4) is 11.4 Å². The number of rotatable bonds is 8. The standard InChI is InChI=1S/C25H35N5O4/c1-8-9-14-33-21-20-15-18(30-13-12-26-27-30)10-11-19(20)23(31)29(16-17(2)3)22(21)28(7)24(32)34-25(4,5)6/h10-13,15,17H,8-9,14,16H2,1-7H3. The van der Waals surface area contributed by atoms with Gasteiger partial charge in [0.25, 0.3) is 5.56 Å². The molecule has 1 aromatic carbocycles. The summed E-state index contributed by atoms with van der Waals surface area (Å²) in [5.41, 5.74) is -0.145. The Morgan fingerprint density at radius 3 is 2.53 bits per heavy atom. The maximum absolute atomic E-state index is 13.7. The number of unbranched alkanes of at least 4 members (excludes halogenated alkanes) is 1. The van der Waals surface area contributed by atoms with Crippen LogP contribution in [-0.2, 0) is 11.3 Å². The summed E-state index contributed by atoms with van der Waals surface area (Å²) in [6, 6.07) is 5.44. The van der Waals surface area contributed by atoms with Crippen molar-refractivity contribution in [2.45, 2.75) is 66.5 Å². The fraction of sp³-hybridized carbons (Fsp3) is 0.520. The molecule has 2 heterocycles. The van der Waals surface area contributed by atoms with Crippen molar-refractivity contribution >= 4 is 22.7 Å². The minimum absolute atomic E-state index is 0.166. The third-order valence-electron chi connectivity index (χ3n) is 5.15. The highest BCUT2D eigenvalue weighted by Crippen LogP contribution is 2.36. The molecule has 0 aliphatic carbocycles. The average Bonchev–Trinajstić information content (AvgIpc) is 3.29. The van der Waals surface area contributed by atoms with Crippen molar-refractivity contribution in [3.63, 3.8) is 0 Å². The Labute approximate surface area is 200 Å². The Hall–Kier alpha value is -3.36. The van der Waals surface area contributed by atoms with Gasteiger partial charge in [0, 0.05) is 19.0 Å². The number of aromatic nitrogens is 4. The smallest absolute Gasteiger partial charge is 0.415 e. The highest BCUT2D eigenvalue weighted by molar-refractivity contribution is 5.97. The largest absolute Gasteiger partial charge is 0.489 e. The first kappa shape index (κ1) is 25.3. The lowest BCUT2D eigenvalue weighted by Gasteiger charge is -2.29. The molecule has 184 valence electrons. The summed E-state index contributed by atoms with van der Waals surface area (Å²) in [7, 11) is 1.61. The molecule has 34 heavy (non-hydrogen) atoms. The number of carbonyl (C=O) groups is 1. The summed E-state index contributed by atoms with van der Waals surface area (Å²) < 4.78 is 15.1. The molecular weight excluding hydrogens is 434 g/mol. The summed E-state index contributed by atoms with van der Waals surface area (Å²) in [4.78, 5) is 28.1. The maximum Gasteiger partial charge on any atom is 0.415 e. The van der Waals surface area contributed by atoms with E-state index in [2.05, 4.69) is 17.2 Å². The number of benzene rings is 1. The Kier molecular flexibility index (Phi) is 7.64. The third-order valence-corrected chi connectivity index (χ3v) is 5.15. The summed E-state index contributed by atoms with van der Waals surface area (Å²) in [6.07, 6.45) is 4.54. The lowest BCUT2D eigenvalue weighted by atomic mass is 10.1. The van der Waals surface area contributed by atoms with E-state index in [9.17, 15) is 9.59 Å². The normalized spacial score (nSPS) is 11.8. The van der Waals surface area contributed by atoms with Gasteiger partial charge in [-0.1, -0.05) is 32.4 Å². The number of hydrogen-bond donors (Lipinski definition) is 0. The first-order valence-corrected chi connectivity index (χ1v) is 11.7. The lowest BCUT2D eigenvalue weighted by Crippen LogP contribution is -2.38. The van der Waals surface area contributed by atoms with Gasteiger partial charge in [0.2, 0.25) is 0 Å². The number of carbonyl (C=O) groups excluding carboxylic acids is 1. The van der Waals surface area contributed by atoms with Gasteiger partial charge >= 0.3 is 6.09 Å². The molecule has 0 radical (unpaired) electrons. The molecule has 2 aromatic heterocycles. The van der Waals surface area contributed by atoms with Gasteiger partial charge in [-0.3, -0.25) is 14.3 Å². The Morgan fingerprint density at radius 1 is 1.21 bits per heavy atom. The summed E-state index contributed by atoms with van der Waals surface area (Å²) in [5, 5.41) is 9.06. The fourth-order valence-corrected chi connectivity index (χ4v) is 3.63. The zero-order valence-electron chi connectivity index (χ0n) is 21.2. The second-order valence-corrected chi connectivity index (χ2v) is 9.78. The SMILES string of the molecule is CCCCOc1c(N(C)C(=O)OC(C)(C)C)n(CC(C)C)c(=O)c2ccc(-n3ccnn3)cc12. The van der Waals surface area contributed by atoms with Gasteiger partial charge in [0.15, 0.2) is 11.6 Å². The van der Waals surface area contributed by atoms with Crippen molar-refractivity contribution in [3.05, 3.63) is 40.9 Å². The van der Waals surface area contributed by atoms with Gasteiger partial charge in [0.05, 0.1) is 30.1 Å². The molecule has 0 spiro atoms. The van der Waals surface area contributed by atoms with Crippen molar-refractivity contribution in [2.75, 3.05) is 18.6 Å². The van der Waals surface area contributed by atoms with Crippen LogP contribution in [0.25, 0.3) is 16.5 Å². The minimum atomic E-state index is -0.686. The van der Waals surface area contributed by atoms with Crippen LogP contribution in [-0.4, -0.2) is 44.9 Å². The van der Waals surface area contributed by atoms with Crippen LogP contribution in [0.1, 0.15) is 54.4 Å². The van der Waals surface area contributed by atoms with E-state index in [1.54, 1.807) is 34.8 Å². The third kappa shape index (κ3) is 5.58. The molecule has 0 bridgehead atoms. The number of amides is 1. The van der Waals surface area contributed by atoms with Crippen molar-refractivity contribution < 1.29 is 14.3 Å². The van der Waals surface area contributed by atoms with Crippen LogP contribution < -0.4 is 15.2 Å².